The first-order valence-electron chi connectivity index (χ1n) is 14.0. The Bertz CT molecular complexity index is 1230. The largest absolute Gasteiger partial charge is 0.416 e. The van der Waals surface area contributed by atoms with Gasteiger partial charge in [-0.15, -0.1) is 0 Å². The summed E-state index contributed by atoms with van der Waals surface area (Å²) < 4.78 is 39.0. The molecule has 0 amide bonds. The molecule has 1 saturated heterocycles. The zero-order valence-electron chi connectivity index (χ0n) is 22.3. The van der Waals surface area contributed by atoms with E-state index in [1.165, 1.54) is 18.6 Å². The van der Waals surface area contributed by atoms with E-state index < -0.39 is 17.8 Å². The lowest BCUT2D eigenvalue weighted by Gasteiger charge is -2.40. The standard InChI is InChI=1S/C31H37F3N4O/c1-21(39)22-6-4-7-23(18-22)24-15-16-35-30(19-24)37-29-10-3-2-9-28(29)36-26-8-5-17-38(20-26)27-13-11-25(12-14-27)31(32,33)34/h4,6-7,11-16,18-19,21,26,28-29,36,39H,2-3,5,8-10,17,20H2,1H3,(H,35,37)/t21-,26-,28+,29+/m0/s1. The molecule has 4 atom stereocenters. The summed E-state index contributed by atoms with van der Waals surface area (Å²) >= 11 is 0. The molecule has 2 heterocycles. The quantitative estimate of drug-likeness (QED) is 0.309. The van der Waals surface area contributed by atoms with Gasteiger partial charge in [0.25, 0.3) is 0 Å². The number of aromatic nitrogens is 1. The summed E-state index contributed by atoms with van der Waals surface area (Å²) in [6, 6.07) is 18.3. The van der Waals surface area contributed by atoms with E-state index in [1.807, 2.05) is 36.5 Å². The first-order chi connectivity index (χ1) is 18.8. The predicted octanol–water partition coefficient (Wildman–Crippen LogP) is 6.80. The van der Waals surface area contributed by atoms with Crippen LogP contribution in [-0.4, -0.2) is 41.3 Å². The lowest BCUT2D eigenvalue weighted by Crippen LogP contribution is -2.55. The van der Waals surface area contributed by atoms with Crippen molar-refractivity contribution in [2.45, 2.75) is 75.9 Å². The van der Waals surface area contributed by atoms with Crippen LogP contribution in [0.15, 0.2) is 66.9 Å². The first-order valence-corrected chi connectivity index (χ1v) is 14.0. The van der Waals surface area contributed by atoms with Gasteiger partial charge in [-0.3, -0.25) is 0 Å². The zero-order chi connectivity index (χ0) is 27.4. The van der Waals surface area contributed by atoms with Gasteiger partial charge in [-0.05, 0) is 91.8 Å². The molecule has 1 aliphatic heterocycles. The Balaban J connectivity index is 1.24. The second-order valence-corrected chi connectivity index (χ2v) is 10.9. The Hall–Kier alpha value is -3.10. The van der Waals surface area contributed by atoms with E-state index in [0.29, 0.717) is 6.04 Å². The van der Waals surface area contributed by atoms with E-state index in [0.717, 1.165) is 73.4 Å². The molecule has 2 aliphatic rings. The van der Waals surface area contributed by atoms with Crippen LogP contribution < -0.4 is 15.5 Å². The molecule has 2 aromatic carbocycles. The van der Waals surface area contributed by atoms with Gasteiger partial charge in [0.15, 0.2) is 0 Å². The van der Waals surface area contributed by atoms with Crippen LogP contribution in [0.2, 0.25) is 0 Å². The van der Waals surface area contributed by atoms with Crippen LogP contribution in [-0.2, 0) is 6.18 Å². The maximum absolute atomic E-state index is 13.0. The molecule has 3 aromatic rings. The van der Waals surface area contributed by atoms with Crippen molar-refractivity contribution in [3.05, 3.63) is 78.0 Å². The van der Waals surface area contributed by atoms with Crippen molar-refractivity contribution in [3.8, 4) is 11.1 Å². The molecule has 1 aromatic heterocycles. The number of nitrogens with zero attached hydrogens (tertiary/aromatic N) is 2. The monoisotopic (exact) mass is 538 g/mol. The van der Waals surface area contributed by atoms with E-state index >= 15 is 0 Å². The summed E-state index contributed by atoms with van der Waals surface area (Å²) in [7, 11) is 0. The highest BCUT2D eigenvalue weighted by Gasteiger charge is 2.32. The topological polar surface area (TPSA) is 60.4 Å². The highest BCUT2D eigenvalue weighted by atomic mass is 19.4. The minimum Gasteiger partial charge on any atom is -0.389 e. The number of hydrogen-bond acceptors (Lipinski definition) is 5. The molecule has 208 valence electrons. The van der Waals surface area contributed by atoms with Crippen molar-refractivity contribution in [2.24, 2.45) is 0 Å². The van der Waals surface area contributed by atoms with Gasteiger partial charge < -0.3 is 20.6 Å². The third-order valence-electron chi connectivity index (χ3n) is 7.99. The Morgan fingerprint density at radius 1 is 0.923 bits per heavy atom. The van der Waals surface area contributed by atoms with E-state index in [2.05, 4.69) is 26.6 Å². The number of piperidine rings is 1. The van der Waals surface area contributed by atoms with Gasteiger partial charge in [0, 0.05) is 43.1 Å². The van der Waals surface area contributed by atoms with Crippen molar-refractivity contribution < 1.29 is 18.3 Å². The van der Waals surface area contributed by atoms with Crippen molar-refractivity contribution in [2.75, 3.05) is 23.3 Å². The number of alkyl halides is 3. The van der Waals surface area contributed by atoms with Gasteiger partial charge in [0.05, 0.1) is 11.7 Å². The fourth-order valence-corrected chi connectivity index (χ4v) is 5.87. The summed E-state index contributed by atoms with van der Waals surface area (Å²) in [5, 5.41) is 17.6. The van der Waals surface area contributed by atoms with Crippen molar-refractivity contribution >= 4 is 11.5 Å². The fraction of sp³-hybridized carbons (Fsp3) is 0.452. The van der Waals surface area contributed by atoms with Crippen LogP contribution >= 0.6 is 0 Å². The molecule has 3 N–H and O–H groups in total. The second kappa shape index (κ2) is 12.0. The Kier molecular flexibility index (Phi) is 8.43. The lowest BCUT2D eigenvalue weighted by atomic mass is 9.89. The maximum Gasteiger partial charge on any atom is 0.416 e. The highest BCUT2D eigenvalue weighted by Crippen LogP contribution is 2.32. The van der Waals surface area contributed by atoms with Gasteiger partial charge in [0.1, 0.15) is 5.82 Å². The molecule has 1 aliphatic carbocycles. The van der Waals surface area contributed by atoms with Crippen LogP contribution in [0.3, 0.4) is 0 Å². The minimum absolute atomic E-state index is 0.242. The van der Waals surface area contributed by atoms with E-state index in [-0.39, 0.29) is 12.1 Å². The molecule has 0 spiro atoms. The molecule has 0 bridgehead atoms. The molecule has 39 heavy (non-hydrogen) atoms. The average Bonchev–Trinajstić information content (AvgIpc) is 2.94. The maximum atomic E-state index is 13.0. The number of aliphatic hydroxyl groups excluding tert-OH is 1. The summed E-state index contributed by atoms with van der Waals surface area (Å²) in [6.45, 7) is 3.40. The molecule has 5 rings (SSSR count). The predicted molar refractivity (Wildman–Crippen MR) is 150 cm³/mol. The van der Waals surface area contributed by atoms with Crippen LogP contribution in [0.5, 0.6) is 0 Å². The van der Waals surface area contributed by atoms with Crippen LogP contribution in [0, 0.1) is 0 Å². The second-order valence-electron chi connectivity index (χ2n) is 10.9. The molecular weight excluding hydrogens is 501 g/mol. The van der Waals surface area contributed by atoms with Crippen LogP contribution in [0.4, 0.5) is 24.7 Å². The number of anilines is 2. The Morgan fingerprint density at radius 3 is 2.41 bits per heavy atom. The number of hydrogen-bond donors (Lipinski definition) is 3. The molecule has 1 saturated carbocycles. The van der Waals surface area contributed by atoms with Gasteiger partial charge in [-0.25, -0.2) is 4.98 Å². The van der Waals surface area contributed by atoms with Gasteiger partial charge in [-0.1, -0.05) is 31.0 Å². The summed E-state index contributed by atoms with van der Waals surface area (Å²) in [5.74, 6) is 0.837. The van der Waals surface area contributed by atoms with E-state index in [1.54, 1.807) is 19.1 Å². The van der Waals surface area contributed by atoms with Crippen molar-refractivity contribution in [3.63, 3.8) is 0 Å². The summed E-state index contributed by atoms with van der Waals surface area (Å²) in [6.07, 6.45) is 3.49. The first kappa shape index (κ1) is 27.5. The van der Waals surface area contributed by atoms with E-state index in [4.69, 9.17) is 0 Å². The summed E-state index contributed by atoms with van der Waals surface area (Å²) in [5.41, 5.74) is 3.21. The Morgan fingerprint density at radius 2 is 1.67 bits per heavy atom. The SMILES string of the molecule is C[C@H](O)c1cccc(-c2ccnc(N[C@@H]3CCCC[C@H]3N[C@H]3CCCN(c4ccc(C(F)(F)F)cc4)C3)c2)c1. The third kappa shape index (κ3) is 6.92. The number of halogens is 3. The minimum atomic E-state index is -4.32. The molecular formula is C31H37F3N4O. The number of aliphatic hydroxyl groups is 1. The molecule has 8 heteroatoms. The van der Waals surface area contributed by atoms with Crippen molar-refractivity contribution in [1.29, 1.82) is 0 Å². The molecule has 5 nitrogen and oxygen atoms in total. The number of benzene rings is 2. The van der Waals surface area contributed by atoms with Gasteiger partial charge in [-0.2, -0.15) is 13.2 Å². The van der Waals surface area contributed by atoms with Crippen LogP contribution in [0.25, 0.3) is 11.1 Å². The third-order valence-corrected chi connectivity index (χ3v) is 7.99. The highest BCUT2D eigenvalue weighted by molar-refractivity contribution is 5.67. The Labute approximate surface area is 228 Å². The summed E-state index contributed by atoms with van der Waals surface area (Å²) in [4.78, 5) is 6.79. The molecule has 0 unspecified atom stereocenters. The van der Waals surface area contributed by atoms with Crippen molar-refractivity contribution in [1.82, 2.24) is 10.3 Å². The normalized spacial score (nSPS) is 22.9. The number of rotatable bonds is 7. The molecule has 0 radical (unpaired) electrons. The van der Waals surface area contributed by atoms with Crippen LogP contribution in [0.1, 0.15) is 62.7 Å². The number of nitrogens with one attached hydrogen (secondary N) is 2. The average molecular weight is 539 g/mol. The fourth-order valence-electron chi connectivity index (χ4n) is 5.87. The number of pyridine rings is 1. The lowest BCUT2D eigenvalue weighted by molar-refractivity contribution is -0.137. The smallest absolute Gasteiger partial charge is 0.389 e. The van der Waals surface area contributed by atoms with E-state index in [9.17, 15) is 18.3 Å². The molecule has 2 fully saturated rings. The zero-order valence-corrected chi connectivity index (χ0v) is 22.3. The van der Waals surface area contributed by atoms with Gasteiger partial charge >= 0.3 is 6.18 Å². The van der Waals surface area contributed by atoms with Gasteiger partial charge in [0.2, 0.25) is 0 Å².